The number of ether oxygens (including phenoxy) is 1. The Kier molecular flexibility index (Phi) is 3.11. The highest BCUT2D eigenvalue weighted by Gasteiger charge is 2.42. The maximum Gasteiger partial charge on any atom is 0.343 e. The van der Waals surface area contributed by atoms with E-state index in [2.05, 4.69) is 5.16 Å². The molecular formula is C15H21NO3. The molecule has 1 aromatic rings. The van der Waals surface area contributed by atoms with Crippen molar-refractivity contribution in [3.05, 3.63) is 17.0 Å². The number of fused-ring (bicyclic) bond motifs is 2. The zero-order valence-electron chi connectivity index (χ0n) is 11.8. The van der Waals surface area contributed by atoms with Crippen molar-refractivity contribution in [2.75, 3.05) is 0 Å². The minimum absolute atomic E-state index is 0.112. The summed E-state index contributed by atoms with van der Waals surface area (Å²) in [5.41, 5.74) is 1.18. The van der Waals surface area contributed by atoms with Crippen molar-refractivity contribution in [2.24, 2.45) is 11.8 Å². The van der Waals surface area contributed by atoms with Gasteiger partial charge in [0.25, 0.3) is 0 Å². The van der Waals surface area contributed by atoms with E-state index in [0.29, 0.717) is 22.9 Å². The number of hydrogen-bond donors (Lipinski definition) is 0. The van der Waals surface area contributed by atoms with Gasteiger partial charge in [0, 0.05) is 5.92 Å². The SMILES string of the molecule is Cc1noc(C(C)C)c1C(=O)OC1CC2CCC1C2. The number of aromatic nitrogens is 1. The molecule has 1 heterocycles. The molecule has 3 atom stereocenters. The fourth-order valence-electron chi connectivity index (χ4n) is 3.56. The lowest BCUT2D eigenvalue weighted by molar-refractivity contribution is 0.0155. The molecule has 19 heavy (non-hydrogen) atoms. The van der Waals surface area contributed by atoms with Gasteiger partial charge in [-0.05, 0) is 44.4 Å². The quantitative estimate of drug-likeness (QED) is 0.784. The predicted octanol–water partition coefficient (Wildman–Crippen LogP) is 3.45. The number of hydrogen-bond acceptors (Lipinski definition) is 4. The Morgan fingerprint density at radius 3 is 2.74 bits per heavy atom. The molecule has 2 aliphatic rings. The Balaban J connectivity index is 1.75. The number of carbonyl (C=O) groups is 1. The molecule has 0 aromatic carbocycles. The highest BCUT2D eigenvalue weighted by molar-refractivity contribution is 5.91. The average molecular weight is 263 g/mol. The van der Waals surface area contributed by atoms with Crippen LogP contribution >= 0.6 is 0 Å². The maximum absolute atomic E-state index is 12.4. The summed E-state index contributed by atoms with van der Waals surface area (Å²) in [4.78, 5) is 12.4. The Morgan fingerprint density at radius 1 is 1.37 bits per heavy atom. The predicted molar refractivity (Wildman–Crippen MR) is 70.0 cm³/mol. The van der Waals surface area contributed by atoms with Crippen LogP contribution in [0.25, 0.3) is 0 Å². The fourth-order valence-corrected chi connectivity index (χ4v) is 3.56. The summed E-state index contributed by atoms with van der Waals surface area (Å²) in [7, 11) is 0. The van der Waals surface area contributed by atoms with Crippen molar-refractivity contribution in [3.63, 3.8) is 0 Å². The fraction of sp³-hybridized carbons (Fsp3) is 0.733. The lowest BCUT2D eigenvalue weighted by Gasteiger charge is -2.22. The first kappa shape index (κ1) is 12.7. The lowest BCUT2D eigenvalue weighted by Crippen LogP contribution is -2.24. The largest absolute Gasteiger partial charge is 0.458 e. The number of aryl methyl sites for hydroxylation is 1. The second-order valence-electron chi connectivity index (χ2n) is 6.28. The van der Waals surface area contributed by atoms with E-state index in [4.69, 9.17) is 9.26 Å². The van der Waals surface area contributed by atoms with Crippen molar-refractivity contribution >= 4 is 5.97 Å². The van der Waals surface area contributed by atoms with Gasteiger partial charge in [-0.1, -0.05) is 19.0 Å². The van der Waals surface area contributed by atoms with Crippen molar-refractivity contribution in [2.45, 2.75) is 58.5 Å². The van der Waals surface area contributed by atoms with E-state index in [1.807, 2.05) is 13.8 Å². The number of carbonyl (C=O) groups excluding carboxylic acids is 1. The molecule has 0 spiro atoms. The van der Waals surface area contributed by atoms with Crippen LogP contribution in [0.1, 0.15) is 67.3 Å². The smallest absolute Gasteiger partial charge is 0.343 e. The number of nitrogens with zero attached hydrogens (tertiary/aromatic N) is 1. The molecule has 104 valence electrons. The van der Waals surface area contributed by atoms with Crippen LogP contribution in [0.3, 0.4) is 0 Å². The first-order valence-corrected chi connectivity index (χ1v) is 7.23. The van der Waals surface area contributed by atoms with Gasteiger partial charge in [0.1, 0.15) is 11.7 Å². The molecule has 0 amide bonds. The standard InChI is InChI=1S/C15H21NO3/c1-8(2)14-13(9(3)16-19-14)15(17)18-12-7-10-4-5-11(12)6-10/h8,10-12H,4-7H2,1-3H3. The summed E-state index contributed by atoms with van der Waals surface area (Å²) < 4.78 is 11.0. The monoisotopic (exact) mass is 263 g/mol. The topological polar surface area (TPSA) is 52.3 Å². The van der Waals surface area contributed by atoms with Gasteiger partial charge in [-0.3, -0.25) is 0 Å². The molecule has 1 aromatic heterocycles. The third-order valence-corrected chi connectivity index (χ3v) is 4.55. The van der Waals surface area contributed by atoms with E-state index in [0.717, 1.165) is 12.3 Å². The van der Waals surface area contributed by atoms with Crippen molar-refractivity contribution < 1.29 is 14.1 Å². The Hall–Kier alpha value is -1.32. The van der Waals surface area contributed by atoms with Crippen molar-refractivity contribution in [3.8, 4) is 0 Å². The molecule has 3 rings (SSSR count). The summed E-state index contributed by atoms with van der Waals surface area (Å²) >= 11 is 0. The minimum atomic E-state index is -0.250. The highest BCUT2D eigenvalue weighted by atomic mass is 16.5. The van der Waals surface area contributed by atoms with Crippen LogP contribution in [0.2, 0.25) is 0 Å². The molecular weight excluding hydrogens is 242 g/mol. The molecule has 0 saturated heterocycles. The number of rotatable bonds is 3. The average Bonchev–Trinajstić information content (AvgIpc) is 3.02. The van der Waals surface area contributed by atoms with Crippen LogP contribution in [0.4, 0.5) is 0 Å². The molecule has 2 fully saturated rings. The van der Waals surface area contributed by atoms with Crippen LogP contribution in [0, 0.1) is 18.8 Å². The minimum Gasteiger partial charge on any atom is -0.458 e. The van der Waals surface area contributed by atoms with E-state index in [1.165, 1.54) is 19.3 Å². The molecule has 0 aliphatic heterocycles. The molecule has 0 N–H and O–H groups in total. The maximum atomic E-state index is 12.4. The van der Waals surface area contributed by atoms with E-state index in [1.54, 1.807) is 6.92 Å². The van der Waals surface area contributed by atoms with Crippen LogP contribution in [-0.2, 0) is 4.74 Å². The van der Waals surface area contributed by atoms with Gasteiger partial charge < -0.3 is 9.26 Å². The summed E-state index contributed by atoms with van der Waals surface area (Å²) in [6.07, 6.45) is 4.90. The second-order valence-corrected chi connectivity index (χ2v) is 6.28. The lowest BCUT2D eigenvalue weighted by atomic mass is 9.97. The van der Waals surface area contributed by atoms with Gasteiger partial charge in [-0.2, -0.15) is 0 Å². The molecule has 0 radical (unpaired) electrons. The normalized spacial score (nSPS) is 29.2. The first-order chi connectivity index (χ1) is 9.06. The molecule has 2 saturated carbocycles. The summed E-state index contributed by atoms with van der Waals surface area (Å²) in [5.74, 6) is 1.89. The molecule has 2 aliphatic carbocycles. The first-order valence-electron chi connectivity index (χ1n) is 7.23. The zero-order valence-corrected chi connectivity index (χ0v) is 11.8. The molecule has 4 heteroatoms. The second kappa shape index (κ2) is 4.66. The van der Waals surface area contributed by atoms with Crippen LogP contribution in [-0.4, -0.2) is 17.2 Å². The van der Waals surface area contributed by atoms with E-state index in [9.17, 15) is 4.79 Å². The van der Waals surface area contributed by atoms with Gasteiger partial charge in [-0.15, -0.1) is 0 Å². The van der Waals surface area contributed by atoms with Crippen LogP contribution in [0.5, 0.6) is 0 Å². The van der Waals surface area contributed by atoms with Gasteiger partial charge in [-0.25, -0.2) is 4.79 Å². The van der Waals surface area contributed by atoms with E-state index in [-0.39, 0.29) is 18.0 Å². The van der Waals surface area contributed by atoms with Gasteiger partial charge >= 0.3 is 5.97 Å². The summed E-state index contributed by atoms with van der Waals surface area (Å²) in [6, 6.07) is 0. The van der Waals surface area contributed by atoms with E-state index < -0.39 is 0 Å². The number of esters is 1. The Morgan fingerprint density at radius 2 is 2.16 bits per heavy atom. The third kappa shape index (κ3) is 2.17. The van der Waals surface area contributed by atoms with Gasteiger partial charge in [0.05, 0.1) is 5.69 Å². The van der Waals surface area contributed by atoms with Crippen molar-refractivity contribution in [1.29, 1.82) is 0 Å². The zero-order chi connectivity index (χ0) is 13.6. The van der Waals surface area contributed by atoms with Crippen LogP contribution < -0.4 is 0 Å². The van der Waals surface area contributed by atoms with Gasteiger partial charge in [0.2, 0.25) is 0 Å². The van der Waals surface area contributed by atoms with Crippen molar-refractivity contribution in [1.82, 2.24) is 5.16 Å². The molecule has 3 unspecified atom stereocenters. The Labute approximate surface area is 113 Å². The van der Waals surface area contributed by atoms with E-state index >= 15 is 0 Å². The highest BCUT2D eigenvalue weighted by Crippen LogP contribution is 2.46. The third-order valence-electron chi connectivity index (χ3n) is 4.55. The Bertz CT molecular complexity index is 492. The molecule has 4 nitrogen and oxygen atoms in total. The van der Waals surface area contributed by atoms with Crippen LogP contribution in [0.15, 0.2) is 4.52 Å². The molecule has 2 bridgehead atoms. The van der Waals surface area contributed by atoms with Gasteiger partial charge in [0.15, 0.2) is 5.76 Å². The summed E-state index contributed by atoms with van der Waals surface area (Å²) in [5, 5.41) is 3.91. The summed E-state index contributed by atoms with van der Waals surface area (Å²) in [6.45, 7) is 5.79.